The second kappa shape index (κ2) is 7.02. The van der Waals surface area contributed by atoms with E-state index < -0.39 is 35.7 Å². The van der Waals surface area contributed by atoms with Crippen molar-refractivity contribution in [3.05, 3.63) is 24.3 Å². The Balaban J connectivity index is 2.36. The summed E-state index contributed by atoms with van der Waals surface area (Å²) in [7, 11) is 2.75. The van der Waals surface area contributed by atoms with Gasteiger partial charge in [-0.2, -0.15) is 0 Å². The molecule has 134 valence electrons. The van der Waals surface area contributed by atoms with E-state index in [-0.39, 0.29) is 13.2 Å². The molecule has 2 aliphatic heterocycles. The number of esters is 2. The lowest BCUT2D eigenvalue weighted by molar-refractivity contribution is -0.439. The Kier molecular flexibility index (Phi) is 5.44. The van der Waals surface area contributed by atoms with Crippen molar-refractivity contribution in [2.75, 3.05) is 27.4 Å². The molecule has 0 N–H and O–H groups in total. The van der Waals surface area contributed by atoms with Crippen LogP contribution in [0.3, 0.4) is 0 Å². The van der Waals surface area contributed by atoms with Crippen LogP contribution in [0.4, 0.5) is 0 Å². The number of methoxy groups -OCH3 is 2. The first-order chi connectivity index (χ1) is 11.3. The lowest BCUT2D eigenvalue weighted by atomic mass is 10.0. The lowest BCUT2D eigenvalue weighted by Crippen LogP contribution is -2.68. The minimum Gasteiger partial charge on any atom is -0.459 e. The summed E-state index contributed by atoms with van der Waals surface area (Å²) in [5.74, 6) is -4.44. The molecule has 1 saturated heterocycles. The van der Waals surface area contributed by atoms with E-state index in [9.17, 15) is 9.59 Å². The molecule has 0 aromatic carbocycles. The Labute approximate surface area is 140 Å². The average Bonchev–Trinajstić information content (AvgIpc) is 2.59. The Morgan fingerprint density at radius 2 is 1.54 bits per heavy atom. The number of ether oxygens (including phenoxy) is 6. The fourth-order valence-electron chi connectivity index (χ4n) is 2.35. The number of hydrogen-bond donors (Lipinski definition) is 0. The van der Waals surface area contributed by atoms with Gasteiger partial charge in [-0.05, 0) is 25.5 Å². The zero-order chi connectivity index (χ0) is 18.0. The van der Waals surface area contributed by atoms with Crippen LogP contribution < -0.4 is 0 Å². The van der Waals surface area contributed by atoms with Gasteiger partial charge in [0.15, 0.2) is 12.2 Å². The predicted octanol–water partition coefficient (Wildman–Crippen LogP) is 0.708. The third-order valence-corrected chi connectivity index (χ3v) is 4.12. The molecule has 24 heavy (non-hydrogen) atoms. The fourth-order valence-corrected chi connectivity index (χ4v) is 2.35. The van der Waals surface area contributed by atoms with Crippen molar-refractivity contribution in [3.63, 3.8) is 0 Å². The molecule has 2 aliphatic rings. The van der Waals surface area contributed by atoms with Gasteiger partial charge in [-0.1, -0.05) is 12.7 Å². The second-order valence-corrected chi connectivity index (χ2v) is 5.67. The van der Waals surface area contributed by atoms with Gasteiger partial charge in [-0.25, -0.2) is 9.59 Å². The summed E-state index contributed by atoms with van der Waals surface area (Å²) >= 11 is 0. The molecule has 0 spiro atoms. The predicted molar refractivity (Wildman–Crippen MR) is 80.8 cm³/mol. The van der Waals surface area contributed by atoms with Gasteiger partial charge in [0.25, 0.3) is 0 Å². The molecule has 0 radical (unpaired) electrons. The Morgan fingerprint density at radius 1 is 1.04 bits per heavy atom. The molecular formula is C16H22O8. The normalized spacial score (nSPS) is 39.2. The van der Waals surface area contributed by atoms with Gasteiger partial charge in [-0.15, -0.1) is 0 Å². The van der Waals surface area contributed by atoms with E-state index in [0.29, 0.717) is 5.57 Å². The van der Waals surface area contributed by atoms with E-state index in [2.05, 4.69) is 6.58 Å². The van der Waals surface area contributed by atoms with Crippen LogP contribution in [0.15, 0.2) is 24.3 Å². The van der Waals surface area contributed by atoms with E-state index in [0.717, 1.165) is 0 Å². The molecule has 0 amide bonds. The zero-order valence-electron chi connectivity index (χ0n) is 14.2. The molecule has 8 heteroatoms. The SMILES string of the molecule is C=C1/C=C/COC(=O)C2OC(C)(OC)C(C)(OC)OC2C(=O)OC1. The van der Waals surface area contributed by atoms with Gasteiger partial charge in [0, 0.05) is 14.2 Å². The number of fused-ring (bicyclic) bond motifs is 1. The molecule has 0 bridgehead atoms. The summed E-state index contributed by atoms with van der Waals surface area (Å²) in [5, 5.41) is 0. The summed E-state index contributed by atoms with van der Waals surface area (Å²) < 4.78 is 32.4. The van der Waals surface area contributed by atoms with Crippen LogP contribution in [0.1, 0.15) is 13.8 Å². The summed E-state index contributed by atoms with van der Waals surface area (Å²) in [6, 6.07) is 0. The van der Waals surface area contributed by atoms with Crippen LogP contribution in [0, 0.1) is 0 Å². The van der Waals surface area contributed by atoms with Crippen LogP contribution in [-0.2, 0) is 38.0 Å². The molecule has 1 fully saturated rings. The van der Waals surface area contributed by atoms with Crippen LogP contribution in [0.5, 0.6) is 0 Å². The molecule has 0 aromatic rings. The first kappa shape index (κ1) is 18.6. The van der Waals surface area contributed by atoms with Gasteiger partial charge in [-0.3, -0.25) is 0 Å². The third kappa shape index (κ3) is 3.36. The number of hydrogen-bond acceptors (Lipinski definition) is 8. The highest BCUT2D eigenvalue weighted by Gasteiger charge is 2.60. The van der Waals surface area contributed by atoms with Crippen molar-refractivity contribution in [3.8, 4) is 0 Å². The van der Waals surface area contributed by atoms with Crippen molar-refractivity contribution in [1.82, 2.24) is 0 Å². The van der Waals surface area contributed by atoms with Crippen molar-refractivity contribution in [2.45, 2.75) is 37.6 Å². The first-order valence-corrected chi connectivity index (χ1v) is 7.40. The van der Waals surface area contributed by atoms with Gasteiger partial charge < -0.3 is 28.4 Å². The number of rotatable bonds is 2. The molecular weight excluding hydrogens is 320 g/mol. The molecule has 4 atom stereocenters. The van der Waals surface area contributed by atoms with Gasteiger partial charge in [0.1, 0.15) is 13.2 Å². The topological polar surface area (TPSA) is 89.5 Å². The fraction of sp³-hybridized carbons (Fsp3) is 0.625. The lowest BCUT2D eigenvalue weighted by Gasteiger charge is -2.50. The smallest absolute Gasteiger partial charge is 0.339 e. The highest BCUT2D eigenvalue weighted by Crippen LogP contribution is 2.39. The van der Waals surface area contributed by atoms with Gasteiger partial charge in [0.05, 0.1) is 0 Å². The van der Waals surface area contributed by atoms with E-state index in [1.54, 1.807) is 12.2 Å². The van der Waals surface area contributed by atoms with Crippen molar-refractivity contribution in [1.29, 1.82) is 0 Å². The average molecular weight is 342 g/mol. The molecule has 8 nitrogen and oxygen atoms in total. The highest BCUT2D eigenvalue weighted by atomic mass is 16.8. The third-order valence-electron chi connectivity index (χ3n) is 4.12. The number of carbonyl (C=O) groups excluding carboxylic acids is 2. The molecule has 0 saturated carbocycles. The number of carbonyl (C=O) groups is 2. The maximum absolute atomic E-state index is 12.4. The van der Waals surface area contributed by atoms with Crippen LogP contribution in [0.2, 0.25) is 0 Å². The standard InChI is InChI=1S/C16H22O8/c1-10-7-6-8-21-13(17)11-12(14(18)22-9-10)24-16(3,20-5)15(2,19-4)23-11/h6-7,11-12H,1,8-9H2,2-5H3/b7-6+. The zero-order valence-corrected chi connectivity index (χ0v) is 14.2. The van der Waals surface area contributed by atoms with Crippen molar-refractivity contribution in [2.24, 2.45) is 0 Å². The molecule has 0 aromatic heterocycles. The second-order valence-electron chi connectivity index (χ2n) is 5.67. The molecule has 2 heterocycles. The van der Waals surface area contributed by atoms with E-state index >= 15 is 0 Å². The summed E-state index contributed by atoms with van der Waals surface area (Å²) in [6.07, 6.45) is 0.477. The highest BCUT2D eigenvalue weighted by molar-refractivity contribution is 5.86. The minimum absolute atomic E-state index is 0.00384. The van der Waals surface area contributed by atoms with Gasteiger partial charge >= 0.3 is 11.9 Å². The van der Waals surface area contributed by atoms with Crippen LogP contribution >= 0.6 is 0 Å². The van der Waals surface area contributed by atoms with Crippen molar-refractivity contribution < 1.29 is 38.0 Å². The summed E-state index contributed by atoms with van der Waals surface area (Å²) in [6.45, 7) is 6.78. The van der Waals surface area contributed by atoms with E-state index in [4.69, 9.17) is 28.4 Å². The van der Waals surface area contributed by atoms with Crippen molar-refractivity contribution >= 4 is 11.9 Å². The Hall–Kier alpha value is -1.74. The largest absolute Gasteiger partial charge is 0.459 e. The minimum atomic E-state index is -1.45. The Morgan fingerprint density at radius 3 is 2.04 bits per heavy atom. The maximum atomic E-state index is 12.4. The molecule has 4 unspecified atom stereocenters. The Bertz CT molecular complexity index is 556. The van der Waals surface area contributed by atoms with Crippen LogP contribution in [0.25, 0.3) is 0 Å². The quantitative estimate of drug-likeness (QED) is 0.678. The van der Waals surface area contributed by atoms with Crippen LogP contribution in [-0.4, -0.2) is 63.2 Å². The maximum Gasteiger partial charge on any atom is 0.339 e. The molecule has 2 rings (SSSR count). The van der Waals surface area contributed by atoms with E-state index in [1.165, 1.54) is 28.1 Å². The van der Waals surface area contributed by atoms with E-state index in [1.807, 2.05) is 0 Å². The first-order valence-electron chi connectivity index (χ1n) is 7.40. The van der Waals surface area contributed by atoms with Gasteiger partial charge in [0.2, 0.25) is 11.6 Å². The monoisotopic (exact) mass is 342 g/mol. The number of cyclic esters (lactones) is 2. The summed E-state index contributed by atoms with van der Waals surface area (Å²) in [4.78, 5) is 24.7. The molecule has 0 aliphatic carbocycles. The summed E-state index contributed by atoms with van der Waals surface area (Å²) in [5.41, 5.74) is 0.547.